The molecule has 1 amide bonds. The second-order valence-corrected chi connectivity index (χ2v) is 5.84. The fourth-order valence-corrected chi connectivity index (χ4v) is 2.33. The van der Waals surface area contributed by atoms with E-state index in [1.807, 2.05) is 0 Å². The van der Waals surface area contributed by atoms with Crippen molar-refractivity contribution in [3.8, 4) is 6.07 Å². The van der Waals surface area contributed by atoms with Crippen LogP contribution in [0.25, 0.3) is 0 Å². The van der Waals surface area contributed by atoms with E-state index in [4.69, 9.17) is 9.47 Å². The van der Waals surface area contributed by atoms with Crippen LogP contribution in [0.2, 0.25) is 0 Å². The van der Waals surface area contributed by atoms with Crippen molar-refractivity contribution in [1.29, 1.82) is 5.26 Å². The van der Waals surface area contributed by atoms with Gasteiger partial charge in [0, 0.05) is 7.11 Å². The molecule has 0 spiro atoms. The zero-order chi connectivity index (χ0) is 16.9. The molecule has 122 valence electrons. The topological polar surface area (TPSA) is 88.4 Å². The monoisotopic (exact) mass is 316 g/mol. The maximum atomic E-state index is 11.9. The highest BCUT2D eigenvalue weighted by molar-refractivity contribution is 5.91. The van der Waals surface area contributed by atoms with E-state index in [0.29, 0.717) is 12.2 Å². The first-order valence-corrected chi connectivity index (χ1v) is 7.46. The first kappa shape index (κ1) is 17.0. The SMILES string of the molecule is COCc1ccc(C(=O)OCC(=O)N[C@@](C)(C#N)C2CC2)cc1. The summed E-state index contributed by atoms with van der Waals surface area (Å²) in [5.41, 5.74) is 0.421. The summed E-state index contributed by atoms with van der Waals surface area (Å²) in [7, 11) is 1.59. The molecule has 1 N–H and O–H groups in total. The summed E-state index contributed by atoms with van der Waals surface area (Å²) < 4.78 is 9.98. The van der Waals surface area contributed by atoms with Crippen molar-refractivity contribution in [2.75, 3.05) is 13.7 Å². The number of nitrogens with one attached hydrogen (secondary N) is 1. The molecule has 0 aromatic heterocycles. The molecule has 0 aliphatic heterocycles. The number of nitrogens with zero attached hydrogens (tertiary/aromatic N) is 1. The van der Waals surface area contributed by atoms with Gasteiger partial charge in [0.1, 0.15) is 5.54 Å². The van der Waals surface area contributed by atoms with Crippen molar-refractivity contribution in [2.24, 2.45) is 5.92 Å². The number of carbonyl (C=O) groups excluding carboxylic acids is 2. The Morgan fingerprint density at radius 1 is 1.35 bits per heavy atom. The molecule has 6 nitrogen and oxygen atoms in total. The van der Waals surface area contributed by atoms with E-state index < -0.39 is 24.0 Å². The van der Waals surface area contributed by atoms with Crippen LogP contribution < -0.4 is 5.32 Å². The van der Waals surface area contributed by atoms with Gasteiger partial charge in [-0.2, -0.15) is 5.26 Å². The lowest BCUT2D eigenvalue weighted by Gasteiger charge is -2.22. The number of methoxy groups -OCH3 is 1. The van der Waals surface area contributed by atoms with Crippen molar-refractivity contribution >= 4 is 11.9 Å². The van der Waals surface area contributed by atoms with Crippen molar-refractivity contribution in [1.82, 2.24) is 5.32 Å². The Morgan fingerprint density at radius 2 is 2.00 bits per heavy atom. The van der Waals surface area contributed by atoms with Gasteiger partial charge in [0.15, 0.2) is 6.61 Å². The maximum Gasteiger partial charge on any atom is 0.338 e. The average Bonchev–Trinajstić information content (AvgIpc) is 3.39. The summed E-state index contributed by atoms with van der Waals surface area (Å²) in [6.07, 6.45) is 1.86. The van der Waals surface area contributed by atoms with Crippen LogP contribution in [0.15, 0.2) is 24.3 Å². The molecule has 1 aliphatic rings. The van der Waals surface area contributed by atoms with Crippen LogP contribution in [0.4, 0.5) is 0 Å². The zero-order valence-electron chi connectivity index (χ0n) is 13.3. The average molecular weight is 316 g/mol. The molecule has 0 heterocycles. The van der Waals surface area contributed by atoms with Crippen molar-refractivity contribution in [3.05, 3.63) is 35.4 Å². The quantitative estimate of drug-likeness (QED) is 0.775. The summed E-state index contributed by atoms with van der Waals surface area (Å²) in [5.74, 6) is -0.861. The van der Waals surface area contributed by atoms with Gasteiger partial charge in [-0.3, -0.25) is 4.79 Å². The van der Waals surface area contributed by atoms with E-state index in [9.17, 15) is 14.9 Å². The molecule has 1 aromatic carbocycles. The predicted molar refractivity (Wildman–Crippen MR) is 82.3 cm³/mol. The fourth-order valence-electron chi connectivity index (χ4n) is 2.33. The molecule has 0 radical (unpaired) electrons. The minimum atomic E-state index is -0.884. The number of hydrogen-bond acceptors (Lipinski definition) is 5. The number of ether oxygens (including phenoxy) is 2. The van der Waals surface area contributed by atoms with Crippen molar-refractivity contribution < 1.29 is 19.1 Å². The standard InChI is InChI=1S/C17H20N2O4/c1-17(11-18,14-7-8-14)19-15(20)10-23-16(21)13-5-3-12(4-6-13)9-22-2/h3-6,14H,7-10H2,1-2H3,(H,19,20)/t17-/m0/s1. The molecule has 0 saturated heterocycles. The number of esters is 1. The Balaban J connectivity index is 1.83. The molecule has 1 saturated carbocycles. The summed E-state index contributed by atoms with van der Waals surface area (Å²) in [6.45, 7) is 1.76. The highest BCUT2D eigenvalue weighted by atomic mass is 16.5. The molecule has 1 aromatic rings. The first-order valence-electron chi connectivity index (χ1n) is 7.46. The van der Waals surface area contributed by atoms with E-state index >= 15 is 0 Å². The lowest BCUT2D eigenvalue weighted by molar-refractivity contribution is -0.125. The summed E-state index contributed by atoms with van der Waals surface area (Å²) >= 11 is 0. The van der Waals surface area contributed by atoms with Gasteiger partial charge >= 0.3 is 5.97 Å². The number of nitriles is 1. The molecule has 0 unspecified atom stereocenters. The second-order valence-electron chi connectivity index (χ2n) is 5.84. The Bertz CT molecular complexity index is 616. The van der Waals surface area contributed by atoms with Gasteiger partial charge < -0.3 is 14.8 Å². The smallest absolute Gasteiger partial charge is 0.338 e. The highest BCUT2D eigenvalue weighted by Crippen LogP contribution is 2.39. The normalized spacial score (nSPS) is 16.0. The summed E-state index contributed by atoms with van der Waals surface area (Å²) in [6, 6.07) is 8.90. The van der Waals surface area contributed by atoms with Crippen LogP contribution in [0.1, 0.15) is 35.7 Å². The summed E-state index contributed by atoms with van der Waals surface area (Å²) in [5, 5.41) is 11.8. The number of carbonyl (C=O) groups is 2. The van der Waals surface area contributed by atoms with Crippen LogP contribution in [-0.4, -0.2) is 31.1 Å². The third-order valence-corrected chi connectivity index (χ3v) is 3.86. The van der Waals surface area contributed by atoms with E-state index in [1.54, 1.807) is 38.3 Å². The van der Waals surface area contributed by atoms with Gasteiger partial charge in [0.05, 0.1) is 18.2 Å². The fraction of sp³-hybridized carbons (Fsp3) is 0.471. The van der Waals surface area contributed by atoms with Crippen LogP contribution in [0, 0.1) is 17.2 Å². The molecule has 1 aliphatic carbocycles. The molecule has 1 fully saturated rings. The van der Waals surface area contributed by atoms with Crippen LogP contribution in [0.5, 0.6) is 0 Å². The third kappa shape index (κ3) is 4.54. The van der Waals surface area contributed by atoms with E-state index in [1.165, 1.54) is 0 Å². The highest BCUT2D eigenvalue weighted by Gasteiger charge is 2.43. The van der Waals surface area contributed by atoms with Crippen molar-refractivity contribution in [3.63, 3.8) is 0 Å². The molecule has 23 heavy (non-hydrogen) atoms. The minimum Gasteiger partial charge on any atom is -0.452 e. The largest absolute Gasteiger partial charge is 0.452 e. The van der Waals surface area contributed by atoms with Crippen LogP contribution in [-0.2, 0) is 20.9 Å². The predicted octanol–water partition coefficient (Wildman–Crippen LogP) is 1.80. The van der Waals surface area contributed by atoms with Gasteiger partial charge in [-0.15, -0.1) is 0 Å². The molecule has 0 bridgehead atoms. The Kier molecular flexibility index (Phi) is 5.35. The van der Waals surface area contributed by atoms with Gasteiger partial charge in [-0.25, -0.2) is 4.79 Å². The van der Waals surface area contributed by atoms with Gasteiger partial charge in [-0.05, 0) is 43.4 Å². The summed E-state index contributed by atoms with van der Waals surface area (Å²) in [4.78, 5) is 23.8. The van der Waals surface area contributed by atoms with E-state index in [-0.39, 0.29) is 5.92 Å². The lowest BCUT2D eigenvalue weighted by Crippen LogP contribution is -2.48. The second kappa shape index (κ2) is 7.25. The third-order valence-electron chi connectivity index (χ3n) is 3.86. The first-order chi connectivity index (χ1) is 11.0. The van der Waals surface area contributed by atoms with E-state index in [2.05, 4.69) is 11.4 Å². The Labute approximate surface area is 135 Å². The van der Waals surface area contributed by atoms with Gasteiger partial charge in [0.2, 0.25) is 0 Å². The minimum absolute atomic E-state index is 0.181. The van der Waals surface area contributed by atoms with Crippen LogP contribution in [0.3, 0.4) is 0 Å². The van der Waals surface area contributed by atoms with Crippen LogP contribution >= 0.6 is 0 Å². The van der Waals surface area contributed by atoms with Gasteiger partial charge in [-0.1, -0.05) is 12.1 Å². The number of hydrogen-bond donors (Lipinski definition) is 1. The number of amides is 1. The lowest BCUT2D eigenvalue weighted by atomic mass is 9.98. The molecular weight excluding hydrogens is 296 g/mol. The number of benzene rings is 1. The molecule has 1 atom stereocenters. The maximum absolute atomic E-state index is 11.9. The Morgan fingerprint density at radius 3 is 2.52 bits per heavy atom. The number of rotatable bonds is 7. The molecular formula is C17H20N2O4. The van der Waals surface area contributed by atoms with E-state index in [0.717, 1.165) is 18.4 Å². The molecule has 6 heteroatoms. The van der Waals surface area contributed by atoms with Crippen molar-refractivity contribution in [2.45, 2.75) is 31.9 Å². The zero-order valence-corrected chi connectivity index (χ0v) is 13.3. The molecule has 2 rings (SSSR count). The van der Waals surface area contributed by atoms with Gasteiger partial charge in [0.25, 0.3) is 5.91 Å². The Hall–Kier alpha value is -2.39.